The van der Waals surface area contributed by atoms with Crippen LogP contribution in [-0.2, 0) is 6.42 Å². The molecule has 0 saturated heterocycles. The van der Waals surface area contributed by atoms with Crippen molar-refractivity contribution in [2.24, 2.45) is 0 Å². The summed E-state index contributed by atoms with van der Waals surface area (Å²) in [5, 5.41) is 3.31. The van der Waals surface area contributed by atoms with Crippen molar-refractivity contribution in [2.45, 2.75) is 19.4 Å². The lowest BCUT2D eigenvalue weighted by atomic mass is 10.0. The lowest BCUT2D eigenvalue weighted by molar-refractivity contribution is 0.513. The van der Waals surface area contributed by atoms with Crippen LogP contribution in [0.15, 0.2) is 28.9 Å². The Kier molecular flexibility index (Phi) is 3.69. The molecule has 0 amide bonds. The molecule has 2 heterocycles. The molecule has 2 aromatic rings. The summed E-state index contributed by atoms with van der Waals surface area (Å²) in [6, 6.07) is 6.32. The van der Waals surface area contributed by atoms with Gasteiger partial charge in [0.15, 0.2) is 0 Å². The summed E-state index contributed by atoms with van der Waals surface area (Å²) in [6.07, 6.45) is 2.67. The molecule has 0 saturated carbocycles. The molecular weight excluding hydrogens is 242 g/mol. The van der Waals surface area contributed by atoms with E-state index in [9.17, 15) is 0 Å². The van der Waals surface area contributed by atoms with E-state index >= 15 is 0 Å². The number of halogens is 1. The highest BCUT2D eigenvalue weighted by molar-refractivity contribution is 7.16. The second kappa shape index (κ2) is 5.04. The molecule has 4 heteroatoms. The van der Waals surface area contributed by atoms with Crippen LogP contribution in [-0.4, -0.2) is 7.05 Å². The molecule has 0 bridgehead atoms. The van der Waals surface area contributed by atoms with E-state index in [1.807, 2.05) is 26.1 Å². The van der Waals surface area contributed by atoms with Gasteiger partial charge in [-0.3, -0.25) is 0 Å². The van der Waals surface area contributed by atoms with Crippen molar-refractivity contribution < 1.29 is 4.42 Å². The van der Waals surface area contributed by atoms with E-state index in [2.05, 4.69) is 11.4 Å². The van der Waals surface area contributed by atoms with Crippen molar-refractivity contribution in [3.05, 3.63) is 45.0 Å². The Bertz CT molecular complexity index is 463. The largest absolute Gasteiger partial charge is 0.469 e. The monoisotopic (exact) mass is 255 g/mol. The highest BCUT2D eigenvalue weighted by atomic mass is 35.5. The first-order valence-corrected chi connectivity index (χ1v) is 6.35. The Hall–Kier alpha value is -0.770. The van der Waals surface area contributed by atoms with Gasteiger partial charge in [-0.2, -0.15) is 0 Å². The summed E-state index contributed by atoms with van der Waals surface area (Å²) in [5.74, 6) is 0.974. The van der Waals surface area contributed by atoms with E-state index in [-0.39, 0.29) is 6.04 Å². The summed E-state index contributed by atoms with van der Waals surface area (Å²) in [5.41, 5.74) is 1.21. The van der Waals surface area contributed by atoms with Crippen LogP contribution in [0.25, 0.3) is 0 Å². The zero-order valence-electron chi connectivity index (χ0n) is 9.29. The number of thiophene rings is 1. The van der Waals surface area contributed by atoms with Gasteiger partial charge < -0.3 is 9.73 Å². The standard InChI is InChI=1S/C12H14ClNOS/c1-8-10(5-6-15-8)11(14-2)7-9-3-4-12(13)16-9/h3-6,11,14H,7H2,1-2H3. The van der Waals surface area contributed by atoms with E-state index < -0.39 is 0 Å². The maximum absolute atomic E-state index is 5.92. The lowest BCUT2D eigenvalue weighted by Crippen LogP contribution is -2.18. The van der Waals surface area contributed by atoms with Crippen LogP contribution in [0.2, 0.25) is 4.34 Å². The summed E-state index contributed by atoms with van der Waals surface area (Å²) >= 11 is 7.55. The number of rotatable bonds is 4. The topological polar surface area (TPSA) is 25.2 Å². The molecule has 0 fully saturated rings. The van der Waals surface area contributed by atoms with E-state index in [0.717, 1.165) is 16.5 Å². The molecule has 2 nitrogen and oxygen atoms in total. The SMILES string of the molecule is CNC(Cc1ccc(Cl)s1)c1ccoc1C. The van der Waals surface area contributed by atoms with Crippen LogP contribution >= 0.6 is 22.9 Å². The van der Waals surface area contributed by atoms with Crippen molar-refractivity contribution in [3.63, 3.8) is 0 Å². The first kappa shape index (κ1) is 11.7. The minimum atomic E-state index is 0.286. The number of hydrogen-bond acceptors (Lipinski definition) is 3. The van der Waals surface area contributed by atoms with E-state index in [1.54, 1.807) is 17.6 Å². The lowest BCUT2D eigenvalue weighted by Gasteiger charge is -2.14. The van der Waals surface area contributed by atoms with Gasteiger partial charge in [0.2, 0.25) is 0 Å². The number of nitrogens with one attached hydrogen (secondary N) is 1. The maximum atomic E-state index is 5.92. The van der Waals surface area contributed by atoms with Crippen LogP contribution in [0.1, 0.15) is 22.2 Å². The van der Waals surface area contributed by atoms with Gasteiger partial charge in [-0.25, -0.2) is 0 Å². The van der Waals surface area contributed by atoms with Crippen molar-refractivity contribution in [1.82, 2.24) is 5.32 Å². The highest BCUT2D eigenvalue weighted by Gasteiger charge is 2.15. The molecule has 1 unspecified atom stereocenters. The van der Waals surface area contributed by atoms with Gasteiger partial charge in [-0.15, -0.1) is 11.3 Å². The fraction of sp³-hybridized carbons (Fsp3) is 0.333. The van der Waals surface area contributed by atoms with Gasteiger partial charge in [0.1, 0.15) is 5.76 Å². The smallest absolute Gasteiger partial charge is 0.105 e. The molecule has 0 aromatic carbocycles. The normalized spacial score (nSPS) is 12.9. The Morgan fingerprint density at radius 3 is 2.75 bits per heavy atom. The number of furan rings is 1. The van der Waals surface area contributed by atoms with Crippen molar-refractivity contribution in [3.8, 4) is 0 Å². The molecule has 0 aliphatic carbocycles. The highest BCUT2D eigenvalue weighted by Crippen LogP contribution is 2.28. The van der Waals surface area contributed by atoms with Gasteiger partial charge in [0.05, 0.1) is 10.6 Å². The van der Waals surface area contributed by atoms with Crippen LogP contribution in [0.4, 0.5) is 0 Å². The van der Waals surface area contributed by atoms with Crippen LogP contribution in [0.5, 0.6) is 0 Å². The zero-order chi connectivity index (χ0) is 11.5. The Morgan fingerprint density at radius 1 is 1.44 bits per heavy atom. The summed E-state index contributed by atoms with van der Waals surface area (Å²) in [4.78, 5) is 1.28. The Balaban J connectivity index is 2.15. The van der Waals surface area contributed by atoms with Gasteiger partial charge in [-0.05, 0) is 32.2 Å². The molecule has 0 aliphatic heterocycles. The first-order valence-electron chi connectivity index (χ1n) is 5.16. The second-order valence-corrected chi connectivity index (χ2v) is 5.48. The molecule has 0 aliphatic rings. The molecule has 16 heavy (non-hydrogen) atoms. The molecule has 0 spiro atoms. The van der Waals surface area contributed by atoms with Crippen LogP contribution in [0, 0.1) is 6.92 Å². The average Bonchev–Trinajstić information content (AvgIpc) is 2.84. The molecule has 86 valence electrons. The fourth-order valence-corrected chi connectivity index (χ4v) is 2.92. The van der Waals surface area contributed by atoms with E-state index in [1.165, 1.54) is 10.4 Å². The molecule has 1 N–H and O–H groups in total. The minimum absolute atomic E-state index is 0.286. The predicted molar refractivity (Wildman–Crippen MR) is 68.3 cm³/mol. The summed E-state index contributed by atoms with van der Waals surface area (Å²) < 4.78 is 6.17. The van der Waals surface area contributed by atoms with Gasteiger partial charge in [-0.1, -0.05) is 11.6 Å². The zero-order valence-corrected chi connectivity index (χ0v) is 10.9. The average molecular weight is 256 g/mol. The van der Waals surface area contributed by atoms with E-state index in [4.69, 9.17) is 16.0 Å². The number of hydrogen-bond donors (Lipinski definition) is 1. The third-order valence-electron chi connectivity index (χ3n) is 2.66. The van der Waals surface area contributed by atoms with Gasteiger partial charge >= 0.3 is 0 Å². The minimum Gasteiger partial charge on any atom is -0.469 e. The van der Waals surface area contributed by atoms with Crippen molar-refractivity contribution >= 4 is 22.9 Å². The maximum Gasteiger partial charge on any atom is 0.105 e. The molecule has 0 radical (unpaired) electrons. The van der Waals surface area contributed by atoms with Crippen LogP contribution < -0.4 is 5.32 Å². The third kappa shape index (κ3) is 2.48. The number of likely N-dealkylation sites (N-methyl/N-ethyl adjacent to an activating group) is 1. The molecular formula is C12H14ClNOS. The number of aryl methyl sites for hydroxylation is 1. The molecule has 1 atom stereocenters. The van der Waals surface area contributed by atoms with Gasteiger partial charge in [0, 0.05) is 22.9 Å². The predicted octanol–water partition coefficient (Wildman–Crippen LogP) is 3.81. The van der Waals surface area contributed by atoms with Crippen molar-refractivity contribution in [1.29, 1.82) is 0 Å². The van der Waals surface area contributed by atoms with Gasteiger partial charge in [0.25, 0.3) is 0 Å². The quantitative estimate of drug-likeness (QED) is 0.899. The molecule has 2 rings (SSSR count). The Labute approximate surface area is 104 Å². The third-order valence-corrected chi connectivity index (χ3v) is 3.91. The molecule has 2 aromatic heterocycles. The Morgan fingerprint density at radius 2 is 2.25 bits per heavy atom. The fourth-order valence-electron chi connectivity index (χ4n) is 1.79. The second-order valence-electron chi connectivity index (χ2n) is 3.68. The van der Waals surface area contributed by atoms with Crippen molar-refractivity contribution in [2.75, 3.05) is 7.05 Å². The van der Waals surface area contributed by atoms with E-state index in [0.29, 0.717) is 0 Å². The summed E-state index contributed by atoms with van der Waals surface area (Å²) in [7, 11) is 1.96. The van der Waals surface area contributed by atoms with Crippen LogP contribution in [0.3, 0.4) is 0 Å². The first-order chi connectivity index (χ1) is 7.70. The summed E-state index contributed by atoms with van der Waals surface area (Å²) in [6.45, 7) is 1.99.